The van der Waals surface area contributed by atoms with Gasteiger partial charge in [-0.05, 0) is 45.0 Å². The van der Waals surface area contributed by atoms with E-state index in [4.69, 9.17) is 4.42 Å². The number of hydrogen-bond donors (Lipinski definition) is 0. The van der Waals surface area contributed by atoms with Gasteiger partial charge in [-0.15, -0.1) is 11.3 Å². The van der Waals surface area contributed by atoms with Crippen LogP contribution in [0.2, 0.25) is 0 Å². The van der Waals surface area contributed by atoms with Crippen LogP contribution in [-0.4, -0.2) is 32.4 Å². The molecule has 1 aliphatic heterocycles. The third kappa shape index (κ3) is 3.07. The molecule has 7 heteroatoms. The highest BCUT2D eigenvalue weighted by molar-refractivity contribution is 7.15. The van der Waals surface area contributed by atoms with E-state index in [-0.39, 0.29) is 5.56 Å². The first-order valence-electron chi connectivity index (χ1n) is 9.22. The largest absolute Gasteiger partial charge is 0.440 e. The standard InChI is InChI=1S/C20H20N4O2S/c1-13-12-27-20-21-15(10-18(25)24(13)20)11-23-8-6-14(7-9-23)19-22-16-4-2-3-5-17(16)26-19/h2-5,10,12,14H,6-9,11H2,1H3. The molecule has 0 amide bonds. The minimum absolute atomic E-state index is 0.00936. The lowest BCUT2D eigenvalue weighted by Gasteiger charge is -2.30. The number of para-hydroxylation sites is 2. The topological polar surface area (TPSA) is 63.6 Å². The van der Waals surface area contributed by atoms with Crippen molar-refractivity contribution in [3.05, 3.63) is 63.3 Å². The molecule has 27 heavy (non-hydrogen) atoms. The third-order valence-corrected chi connectivity index (χ3v) is 6.21. The number of aromatic nitrogens is 3. The highest BCUT2D eigenvalue weighted by Crippen LogP contribution is 2.30. The fourth-order valence-electron chi connectivity index (χ4n) is 3.81. The van der Waals surface area contributed by atoms with Crippen molar-refractivity contribution < 1.29 is 4.42 Å². The number of fused-ring (bicyclic) bond motifs is 2. The van der Waals surface area contributed by atoms with E-state index in [1.165, 1.54) is 11.3 Å². The molecule has 0 radical (unpaired) electrons. The smallest absolute Gasteiger partial charge is 0.259 e. The number of rotatable bonds is 3. The Balaban J connectivity index is 1.28. The Kier molecular flexibility index (Phi) is 4.06. The second-order valence-corrected chi connectivity index (χ2v) is 7.99. The van der Waals surface area contributed by atoms with Gasteiger partial charge in [0.1, 0.15) is 5.52 Å². The fraction of sp³-hybridized carbons (Fsp3) is 0.350. The number of benzene rings is 1. The monoisotopic (exact) mass is 380 g/mol. The van der Waals surface area contributed by atoms with Gasteiger partial charge >= 0.3 is 0 Å². The van der Waals surface area contributed by atoms with E-state index in [0.29, 0.717) is 12.5 Å². The molecule has 5 rings (SSSR count). The molecular weight excluding hydrogens is 360 g/mol. The summed E-state index contributed by atoms with van der Waals surface area (Å²) in [5, 5.41) is 1.97. The van der Waals surface area contributed by atoms with Gasteiger partial charge in [0.15, 0.2) is 16.4 Å². The van der Waals surface area contributed by atoms with Crippen molar-refractivity contribution in [2.45, 2.75) is 32.2 Å². The maximum absolute atomic E-state index is 12.3. The number of piperidine rings is 1. The summed E-state index contributed by atoms with van der Waals surface area (Å²) in [6.07, 6.45) is 2.01. The summed E-state index contributed by atoms with van der Waals surface area (Å²) in [4.78, 5) is 24.8. The van der Waals surface area contributed by atoms with Gasteiger partial charge in [-0.2, -0.15) is 0 Å². The second-order valence-electron chi connectivity index (χ2n) is 7.15. The minimum Gasteiger partial charge on any atom is -0.440 e. The molecule has 1 fully saturated rings. The van der Waals surface area contributed by atoms with Crippen molar-refractivity contribution in [1.82, 2.24) is 19.3 Å². The van der Waals surface area contributed by atoms with Gasteiger partial charge in [0.25, 0.3) is 5.56 Å². The molecule has 1 aliphatic rings. The first-order chi connectivity index (χ1) is 13.2. The van der Waals surface area contributed by atoms with Gasteiger partial charge in [0.05, 0.1) is 5.69 Å². The molecular formula is C20H20N4O2S. The van der Waals surface area contributed by atoms with Gasteiger partial charge in [-0.25, -0.2) is 9.97 Å². The Bertz CT molecular complexity index is 1130. The molecule has 1 saturated heterocycles. The number of oxazole rings is 1. The molecule has 6 nitrogen and oxygen atoms in total. The summed E-state index contributed by atoms with van der Waals surface area (Å²) in [7, 11) is 0. The summed E-state index contributed by atoms with van der Waals surface area (Å²) in [5.74, 6) is 1.21. The SMILES string of the molecule is Cc1csc2nc(CN3CCC(c4nc5ccccc5o4)CC3)cc(=O)n12. The van der Waals surface area contributed by atoms with Crippen molar-refractivity contribution in [2.75, 3.05) is 13.1 Å². The first kappa shape index (κ1) is 16.6. The molecule has 0 saturated carbocycles. The van der Waals surface area contributed by atoms with Gasteiger partial charge in [-0.1, -0.05) is 12.1 Å². The van der Waals surface area contributed by atoms with Crippen LogP contribution in [0.3, 0.4) is 0 Å². The fourth-order valence-corrected chi connectivity index (χ4v) is 4.70. The number of likely N-dealkylation sites (tertiary alicyclic amines) is 1. The van der Waals surface area contributed by atoms with Crippen molar-refractivity contribution >= 4 is 27.4 Å². The molecule has 3 aromatic heterocycles. The summed E-state index contributed by atoms with van der Waals surface area (Å²) >= 11 is 1.52. The van der Waals surface area contributed by atoms with E-state index in [2.05, 4.69) is 14.9 Å². The molecule has 4 heterocycles. The van der Waals surface area contributed by atoms with Crippen LogP contribution in [0.25, 0.3) is 16.1 Å². The lowest BCUT2D eigenvalue weighted by Crippen LogP contribution is -2.33. The van der Waals surface area contributed by atoms with Crippen LogP contribution in [0, 0.1) is 6.92 Å². The molecule has 0 bridgehead atoms. The summed E-state index contributed by atoms with van der Waals surface area (Å²) in [6.45, 7) is 4.55. The maximum atomic E-state index is 12.3. The average molecular weight is 380 g/mol. The molecule has 0 unspecified atom stereocenters. The summed E-state index contributed by atoms with van der Waals surface area (Å²) in [5.41, 5.74) is 3.59. The van der Waals surface area contributed by atoms with E-state index in [9.17, 15) is 4.79 Å². The molecule has 4 aromatic rings. The normalized spacial score (nSPS) is 16.5. The lowest BCUT2D eigenvalue weighted by atomic mass is 9.96. The Hall–Kier alpha value is -2.51. The minimum atomic E-state index is 0.00936. The Labute approximate surface area is 160 Å². The van der Waals surface area contributed by atoms with Crippen molar-refractivity contribution in [3.8, 4) is 0 Å². The van der Waals surface area contributed by atoms with Gasteiger partial charge in [-0.3, -0.25) is 14.1 Å². The van der Waals surface area contributed by atoms with Crippen LogP contribution in [0.5, 0.6) is 0 Å². The number of nitrogens with zero attached hydrogens (tertiary/aromatic N) is 4. The van der Waals surface area contributed by atoms with E-state index >= 15 is 0 Å². The van der Waals surface area contributed by atoms with Gasteiger partial charge in [0, 0.05) is 29.6 Å². The highest BCUT2D eigenvalue weighted by atomic mass is 32.1. The zero-order valence-electron chi connectivity index (χ0n) is 15.1. The Morgan fingerprint density at radius 2 is 2.04 bits per heavy atom. The molecule has 0 aliphatic carbocycles. The van der Waals surface area contributed by atoms with Crippen LogP contribution in [0.1, 0.15) is 36.0 Å². The Morgan fingerprint density at radius 3 is 2.85 bits per heavy atom. The van der Waals surface area contributed by atoms with E-state index in [1.54, 1.807) is 10.5 Å². The number of hydrogen-bond acceptors (Lipinski definition) is 6. The molecule has 0 spiro atoms. The zero-order valence-corrected chi connectivity index (χ0v) is 15.9. The predicted molar refractivity (Wildman–Crippen MR) is 105 cm³/mol. The van der Waals surface area contributed by atoms with Crippen molar-refractivity contribution in [3.63, 3.8) is 0 Å². The van der Waals surface area contributed by atoms with E-state index in [1.807, 2.05) is 36.6 Å². The van der Waals surface area contributed by atoms with Gasteiger partial charge in [0.2, 0.25) is 0 Å². The predicted octanol–water partition coefficient (Wildman–Crippen LogP) is 3.59. The van der Waals surface area contributed by atoms with E-state index in [0.717, 1.165) is 59.3 Å². The van der Waals surface area contributed by atoms with Crippen LogP contribution in [-0.2, 0) is 6.54 Å². The van der Waals surface area contributed by atoms with Gasteiger partial charge < -0.3 is 4.42 Å². The zero-order chi connectivity index (χ0) is 18.4. The summed E-state index contributed by atoms with van der Waals surface area (Å²) in [6, 6.07) is 9.58. The van der Waals surface area contributed by atoms with Crippen LogP contribution in [0.4, 0.5) is 0 Å². The van der Waals surface area contributed by atoms with E-state index < -0.39 is 0 Å². The molecule has 0 atom stereocenters. The first-order valence-corrected chi connectivity index (χ1v) is 10.1. The molecule has 138 valence electrons. The second kappa shape index (κ2) is 6.58. The molecule has 1 aromatic carbocycles. The van der Waals surface area contributed by atoms with Crippen LogP contribution < -0.4 is 5.56 Å². The quantitative estimate of drug-likeness (QED) is 0.544. The third-order valence-electron chi connectivity index (χ3n) is 5.26. The highest BCUT2D eigenvalue weighted by Gasteiger charge is 2.25. The number of thiazole rings is 1. The summed E-state index contributed by atoms with van der Waals surface area (Å²) < 4.78 is 7.62. The van der Waals surface area contributed by atoms with Crippen molar-refractivity contribution in [1.29, 1.82) is 0 Å². The Morgan fingerprint density at radius 1 is 1.22 bits per heavy atom. The molecule has 0 N–H and O–H groups in total. The average Bonchev–Trinajstić information content (AvgIpc) is 3.26. The number of aryl methyl sites for hydroxylation is 1. The lowest BCUT2D eigenvalue weighted by molar-refractivity contribution is 0.192. The maximum Gasteiger partial charge on any atom is 0.259 e. The van der Waals surface area contributed by atoms with Crippen LogP contribution in [0.15, 0.2) is 44.9 Å². The van der Waals surface area contributed by atoms with Crippen molar-refractivity contribution in [2.24, 2.45) is 0 Å². The van der Waals surface area contributed by atoms with Crippen LogP contribution >= 0.6 is 11.3 Å².